The van der Waals surface area contributed by atoms with Crippen molar-refractivity contribution in [3.05, 3.63) is 11.3 Å². The van der Waals surface area contributed by atoms with Crippen LogP contribution >= 0.6 is 0 Å². The van der Waals surface area contributed by atoms with Gasteiger partial charge in [-0.1, -0.05) is 13.8 Å². The van der Waals surface area contributed by atoms with E-state index in [1.807, 2.05) is 0 Å². The maximum atomic E-state index is 12.6. The van der Waals surface area contributed by atoms with Crippen molar-refractivity contribution in [2.75, 3.05) is 13.1 Å². The first-order valence-electron chi connectivity index (χ1n) is 8.80. The summed E-state index contributed by atoms with van der Waals surface area (Å²) in [7, 11) is 0. The number of quaternary nitrogens is 1. The van der Waals surface area contributed by atoms with Crippen molar-refractivity contribution >= 4 is 5.78 Å². The van der Waals surface area contributed by atoms with Gasteiger partial charge in [-0.15, -0.1) is 0 Å². The van der Waals surface area contributed by atoms with Crippen molar-refractivity contribution in [2.45, 2.75) is 70.9 Å². The summed E-state index contributed by atoms with van der Waals surface area (Å²) in [5.41, 5.74) is 1.16. The van der Waals surface area contributed by atoms with Crippen molar-refractivity contribution in [1.82, 2.24) is 0 Å². The molecule has 0 amide bonds. The number of fused-ring (bicyclic) bond motifs is 3. The first kappa shape index (κ1) is 13.8. The van der Waals surface area contributed by atoms with Crippen LogP contribution in [0.2, 0.25) is 0 Å². The highest BCUT2D eigenvalue weighted by atomic mass is 16.5. The summed E-state index contributed by atoms with van der Waals surface area (Å²) in [6.07, 6.45) is 9.03. The lowest BCUT2D eigenvalue weighted by Crippen LogP contribution is -3.19. The van der Waals surface area contributed by atoms with Gasteiger partial charge in [0, 0.05) is 50.0 Å². The Bertz CT molecular complexity index is 501. The Morgan fingerprint density at radius 1 is 1.14 bits per heavy atom. The summed E-state index contributed by atoms with van der Waals surface area (Å²) in [6.45, 7) is 6.93. The molecule has 21 heavy (non-hydrogen) atoms. The van der Waals surface area contributed by atoms with Crippen LogP contribution in [0.1, 0.15) is 65.2 Å². The highest BCUT2D eigenvalue weighted by Crippen LogP contribution is 2.49. The van der Waals surface area contributed by atoms with E-state index in [1.165, 1.54) is 45.2 Å². The number of rotatable bonds is 1. The highest BCUT2D eigenvalue weighted by Gasteiger charge is 2.55. The predicted octanol–water partition coefficient (Wildman–Crippen LogP) is 2.22. The fraction of sp³-hybridized carbons (Fsp3) is 0.833. The molecule has 2 aliphatic carbocycles. The molecule has 0 aromatic rings. The number of hydrogen-bond donors (Lipinski definition) is 1. The molecule has 1 N–H and O–H groups in total. The van der Waals surface area contributed by atoms with E-state index in [9.17, 15) is 4.79 Å². The molecule has 2 bridgehead atoms. The molecule has 2 aliphatic heterocycles. The molecule has 0 radical (unpaired) electrons. The largest absolute Gasteiger partial charge is 0.444 e. The SMILES string of the molecule is CC1(C)CC(=O)C2=C(C1)O[C@]1([NH+]3CCCC3)CCC[C@H]2C1. The fourth-order valence-electron chi connectivity index (χ4n) is 5.29. The summed E-state index contributed by atoms with van der Waals surface area (Å²) in [5.74, 6) is 1.93. The Morgan fingerprint density at radius 3 is 2.67 bits per heavy atom. The first-order valence-corrected chi connectivity index (χ1v) is 8.80. The van der Waals surface area contributed by atoms with Gasteiger partial charge >= 0.3 is 0 Å². The van der Waals surface area contributed by atoms with Gasteiger partial charge in [-0.3, -0.25) is 9.69 Å². The van der Waals surface area contributed by atoms with Crippen LogP contribution in [0.25, 0.3) is 0 Å². The van der Waals surface area contributed by atoms with Crippen LogP contribution in [-0.4, -0.2) is 24.6 Å². The molecule has 3 heteroatoms. The highest BCUT2D eigenvalue weighted by molar-refractivity contribution is 5.97. The molecule has 1 saturated heterocycles. The van der Waals surface area contributed by atoms with Gasteiger partial charge in [0.25, 0.3) is 0 Å². The molecule has 3 nitrogen and oxygen atoms in total. The topological polar surface area (TPSA) is 30.7 Å². The number of hydrogen-bond acceptors (Lipinski definition) is 2. The Labute approximate surface area is 127 Å². The van der Waals surface area contributed by atoms with Gasteiger partial charge in [0.1, 0.15) is 5.76 Å². The van der Waals surface area contributed by atoms with E-state index in [0.717, 1.165) is 24.2 Å². The lowest BCUT2D eigenvalue weighted by molar-refractivity contribution is -0.970. The molecule has 4 aliphatic rings. The van der Waals surface area contributed by atoms with E-state index in [-0.39, 0.29) is 11.1 Å². The molecule has 2 heterocycles. The van der Waals surface area contributed by atoms with Gasteiger partial charge in [-0.2, -0.15) is 0 Å². The number of likely N-dealkylation sites (tertiary alicyclic amines) is 1. The predicted molar refractivity (Wildman–Crippen MR) is 80.8 cm³/mol. The van der Waals surface area contributed by atoms with Gasteiger partial charge in [0.05, 0.1) is 13.1 Å². The zero-order chi connectivity index (χ0) is 14.7. The zero-order valence-corrected chi connectivity index (χ0v) is 13.5. The molecule has 0 aromatic carbocycles. The summed E-state index contributed by atoms with van der Waals surface area (Å²) in [6, 6.07) is 0. The minimum absolute atomic E-state index is 0.00590. The van der Waals surface area contributed by atoms with Crippen molar-refractivity contribution in [3.63, 3.8) is 0 Å². The molecule has 4 rings (SSSR count). The van der Waals surface area contributed by atoms with Crippen LogP contribution in [0.3, 0.4) is 0 Å². The number of ether oxygens (including phenoxy) is 1. The van der Waals surface area contributed by atoms with Crippen molar-refractivity contribution in [1.29, 1.82) is 0 Å². The minimum atomic E-state index is 0.00590. The van der Waals surface area contributed by atoms with E-state index in [2.05, 4.69) is 13.8 Å². The maximum Gasteiger partial charge on any atom is 0.241 e. The number of allylic oxidation sites excluding steroid dienone is 2. The number of carbonyl (C=O) groups is 1. The second-order valence-electron chi connectivity index (χ2n) is 8.48. The molecule has 2 atom stereocenters. The van der Waals surface area contributed by atoms with E-state index in [1.54, 1.807) is 4.90 Å². The van der Waals surface area contributed by atoms with Crippen LogP contribution in [0.4, 0.5) is 0 Å². The summed E-state index contributed by atoms with van der Waals surface area (Å²) in [5, 5.41) is 0. The molecular formula is C18H28NO2+. The molecule has 0 aromatic heterocycles. The van der Waals surface area contributed by atoms with Gasteiger partial charge in [-0.05, 0) is 18.3 Å². The molecular weight excluding hydrogens is 262 g/mol. The number of ketones is 1. The average molecular weight is 290 g/mol. The van der Waals surface area contributed by atoms with Crippen molar-refractivity contribution in [2.24, 2.45) is 11.3 Å². The lowest BCUT2D eigenvalue weighted by atomic mass is 9.67. The standard InChI is InChI=1S/C18H27NO2/c1-17(2)11-14(20)16-13-6-5-7-18(10-13,21-15(16)12-17)19-8-3-4-9-19/h13H,3-12H2,1-2H3/p+1/t13-,18+/m0/s1. The van der Waals surface area contributed by atoms with Crippen LogP contribution < -0.4 is 4.90 Å². The number of Topliss-reactive ketones (excluding diaryl/α,β-unsaturated/α-hetero) is 1. The molecule has 116 valence electrons. The van der Waals surface area contributed by atoms with Crippen LogP contribution in [0.15, 0.2) is 11.3 Å². The number of nitrogens with one attached hydrogen (secondary N) is 1. The maximum absolute atomic E-state index is 12.6. The van der Waals surface area contributed by atoms with Gasteiger partial charge in [0.15, 0.2) is 5.78 Å². The normalized spacial score (nSPS) is 39.1. The Hall–Kier alpha value is -0.830. The monoisotopic (exact) mass is 290 g/mol. The van der Waals surface area contributed by atoms with Crippen LogP contribution in [0.5, 0.6) is 0 Å². The third kappa shape index (κ3) is 2.16. The lowest BCUT2D eigenvalue weighted by Gasteiger charge is -2.50. The molecule has 1 saturated carbocycles. The average Bonchev–Trinajstić information content (AvgIpc) is 2.90. The van der Waals surface area contributed by atoms with Crippen molar-refractivity contribution in [3.8, 4) is 0 Å². The Balaban J connectivity index is 1.72. The second-order valence-corrected chi connectivity index (χ2v) is 8.48. The fourth-order valence-corrected chi connectivity index (χ4v) is 5.29. The molecule has 0 unspecified atom stereocenters. The van der Waals surface area contributed by atoms with Crippen LogP contribution in [0, 0.1) is 11.3 Å². The summed E-state index contributed by atoms with van der Waals surface area (Å²) in [4.78, 5) is 14.3. The van der Waals surface area contributed by atoms with E-state index < -0.39 is 0 Å². The van der Waals surface area contributed by atoms with Gasteiger partial charge in [-0.25, -0.2) is 0 Å². The molecule has 0 spiro atoms. The van der Waals surface area contributed by atoms with E-state index in [0.29, 0.717) is 18.1 Å². The summed E-state index contributed by atoms with van der Waals surface area (Å²) < 4.78 is 6.66. The number of carbonyl (C=O) groups excluding carboxylic acids is 1. The summed E-state index contributed by atoms with van der Waals surface area (Å²) >= 11 is 0. The van der Waals surface area contributed by atoms with Crippen molar-refractivity contribution < 1.29 is 14.4 Å². The second kappa shape index (κ2) is 4.58. The van der Waals surface area contributed by atoms with Gasteiger partial charge < -0.3 is 4.74 Å². The third-order valence-electron chi connectivity index (χ3n) is 6.17. The Kier molecular flexibility index (Phi) is 3.01. The van der Waals surface area contributed by atoms with Gasteiger partial charge in [0.2, 0.25) is 5.72 Å². The quantitative estimate of drug-likeness (QED) is 0.803. The van der Waals surface area contributed by atoms with E-state index in [4.69, 9.17) is 4.74 Å². The third-order valence-corrected chi connectivity index (χ3v) is 6.17. The van der Waals surface area contributed by atoms with Crippen LogP contribution in [-0.2, 0) is 9.53 Å². The Morgan fingerprint density at radius 2 is 1.90 bits per heavy atom. The zero-order valence-electron chi connectivity index (χ0n) is 13.5. The molecule has 2 fully saturated rings. The minimum Gasteiger partial charge on any atom is -0.444 e. The van der Waals surface area contributed by atoms with E-state index >= 15 is 0 Å². The smallest absolute Gasteiger partial charge is 0.241 e. The first-order chi connectivity index (χ1) is 9.99.